The zero-order valence-electron chi connectivity index (χ0n) is 42.6. The van der Waals surface area contributed by atoms with Crippen molar-refractivity contribution in [2.24, 2.45) is 0 Å². The Morgan fingerprint density at radius 1 is 0.484 bits per heavy atom. The van der Waals surface area contributed by atoms with Gasteiger partial charge in [-0.25, -0.2) is 0 Å². The van der Waals surface area contributed by atoms with Gasteiger partial charge in [0.05, 0.1) is 19.8 Å². The normalized spacial score (nSPS) is 11.4. The van der Waals surface area contributed by atoms with Gasteiger partial charge in [0.25, 0.3) is 0 Å². The number of Topliss-reactive ketones (excluding diaryl/α,β-unsaturated/α-hetero) is 1. The standard InChI is InChI=1S/C56H101NO7/c1-6-9-12-15-18-25-34-48-63-55(59)39-30-23-19-27-33-47-62-54-44-43-53(49-50(54)41-42-51(58)36-35-45-57(4)5)61-46-32-26-20-24-31-40-56(60)64-52(37-28-21-16-13-10-7-2)38-29-22-17-14-11-8-3/h43-44,49,52H,6-42,45-48H2,1-5H3. The van der Waals surface area contributed by atoms with Gasteiger partial charge in [0, 0.05) is 25.7 Å². The first-order valence-corrected chi connectivity index (χ1v) is 27.2. The van der Waals surface area contributed by atoms with Crippen molar-refractivity contribution in [1.29, 1.82) is 0 Å². The molecule has 372 valence electrons. The molecule has 1 rings (SSSR count). The van der Waals surface area contributed by atoms with Crippen molar-refractivity contribution < 1.29 is 33.3 Å². The smallest absolute Gasteiger partial charge is 0.306 e. The molecule has 0 radical (unpaired) electrons. The Balaban J connectivity index is 2.42. The molecule has 0 fully saturated rings. The third kappa shape index (κ3) is 37.6. The second kappa shape index (κ2) is 44.2. The van der Waals surface area contributed by atoms with Gasteiger partial charge >= 0.3 is 11.9 Å². The lowest BCUT2D eigenvalue weighted by atomic mass is 10.0. The molecule has 8 nitrogen and oxygen atoms in total. The van der Waals surface area contributed by atoms with Crippen LogP contribution < -0.4 is 9.47 Å². The number of rotatable bonds is 48. The lowest BCUT2D eigenvalue weighted by Crippen LogP contribution is -2.18. The van der Waals surface area contributed by atoms with Crippen LogP contribution in [0.1, 0.15) is 257 Å². The number of hydrogen-bond donors (Lipinski definition) is 0. The van der Waals surface area contributed by atoms with Crippen LogP contribution in [-0.4, -0.2) is 69.2 Å². The van der Waals surface area contributed by atoms with Gasteiger partial charge in [-0.2, -0.15) is 0 Å². The predicted molar refractivity (Wildman–Crippen MR) is 269 cm³/mol. The number of hydrogen-bond acceptors (Lipinski definition) is 8. The Morgan fingerprint density at radius 2 is 0.953 bits per heavy atom. The van der Waals surface area contributed by atoms with E-state index in [1.807, 2.05) is 26.2 Å². The Labute approximate surface area is 394 Å². The number of carbonyl (C=O) groups excluding carboxylic acids is 3. The molecular weight excluding hydrogens is 799 g/mol. The Morgan fingerprint density at radius 3 is 1.50 bits per heavy atom. The van der Waals surface area contributed by atoms with Gasteiger partial charge in [0.1, 0.15) is 23.4 Å². The molecule has 0 amide bonds. The maximum atomic E-state index is 12.8. The molecule has 0 aliphatic heterocycles. The highest BCUT2D eigenvalue weighted by molar-refractivity contribution is 5.78. The summed E-state index contributed by atoms with van der Waals surface area (Å²) in [6.07, 6.45) is 39.5. The Hall–Kier alpha value is -2.61. The van der Waals surface area contributed by atoms with Gasteiger partial charge in [-0.05, 0) is 115 Å². The van der Waals surface area contributed by atoms with Gasteiger partial charge < -0.3 is 23.8 Å². The molecule has 0 saturated carbocycles. The quantitative estimate of drug-likeness (QED) is 0.0472. The highest BCUT2D eigenvalue weighted by Crippen LogP contribution is 2.27. The first-order valence-electron chi connectivity index (χ1n) is 27.2. The molecule has 0 heterocycles. The maximum Gasteiger partial charge on any atom is 0.306 e. The maximum absolute atomic E-state index is 12.8. The predicted octanol–water partition coefficient (Wildman–Crippen LogP) is 15.7. The molecule has 0 unspecified atom stereocenters. The zero-order chi connectivity index (χ0) is 46.6. The number of carbonyl (C=O) groups is 3. The van der Waals surface area contributed by atoms with Crippen LogP contribution in [0.25, 0.3) is 0 Å². The van der Waals surface area contributed by atoms with Crippen molar-refractivity contribution in [2.75, 3.05) is 40.5 Å². The van der Waals surface area contributed by atoms with Crippen LogP contribution in [0.3, 0.4) is 0 Å². The van der Waals surface area contributed by atoms with Gasteiger partial charge in [-0.3, -0.25) is 14.4 Å². The fourth-order valence-electron chi connectivity index (χ4n) is 8.28. The van der Waals surface area contributed by atoms with Crippen molar-refractivity contribution >= 4 is 17.7 Å². The topological polar surface area (TPSA) is 91.4 Å². The molecule has 1 aromatic rings. The highest BCUT2D eigenvalue weighted by atomic mass is 16.5. The van der Waals surface area contributed by atoms with Crippen LogP contribution in [0.2, 0.25) is 0 Å². The van der Waals surface area contributed by atoms with E-state index in [1.165, 1.54) is 109 Å². The van der Waals surface area contributed by atoms with Crippen LogP contribution in [0.15, 0.2) is 18.2 Å². The summed E-state index contributed by atoms with van der Waals surface area (Å²) in [6, 6.07) is 6.05. The lowest BCUT2D eigenvalue weighted by Gasteiger charge is -2.18. The number of aryl methyl sites for hydroxylation is 1. The van der Waals surface area contributed by atoms with E-state index in [4.69, 9.17) is 18.9 Å². The lowest BCUT2D eigenvalue weighted by molar-refractivity contribution is -0.150. The molecule has 1 aromatic carbocycles. The summed E-state index contributed by atoms with van der Waals surface area (Å²) >= 11 is 0. The number of nitrogens with zero attached hydrogens (tertiary/aromatic N) is 1. The van der Waals surface area contributed by atoms with E-state index in [0.29, 0.717) is 51.9 Å². The Bertz CT molecular complexity index is 1220. The van der Waals surface area contributed by atoms with Crippen molar-refractivity contribution in [3.8, 4) is 11.5 Å². The van der Waals surface area contributed by atoms with E-state index in [9.17, 15) is 14.4 Å². The molecule has 0 aliphatic carbocycles. The molecular formula is C56H101NO7. The SMILES string of the molecule is CCCCCCCCCOC(=O)CCCCCCCOc1ccc(OCCCCCCCC(=O)OC(CCCCCCCC)CCCCCCCC)cc1CCC(=O)CCCN(C)C. The molecule has 0 spiro atoms. The largest absolute Gasteiger partial charge is 0.494 e. The van der Waals surface area contributed by atoms with E-state index >= 15 is 0 Å². The summed E-state index contributed by atoms with van der Waals surface area (Å²) in [7, 11) is 4.08. The van der Waals surface area contributed by atoms with Crippen LogP contribution >= 0.6 is 0 Å². The highest BCUT2D eigenvalue weighted by Gasteiger charge is 2.15. The monoisotopic (exact) mass is 900 g/mol. The molecule has 0 aromatic heterocycles. The number of esters is 2. The molecule has 0 saturated heterocycles. The molecule has 0 bridgehead atoms. The van der Waals surface area contributed by atoms with Crippen LogP contribution in [0, 0.1) is 0 Å². The first kappa shape index (κ1) is 59.4. The summed E-state index contributed by atoms with van der Waals surface area (Å²) < 4.78 is 24.0. The third-order valence-corrected chi connectivity index (χ3v) is 12.4. The summed E-state index contributed by atoms with van der Waals surface area (Å²) in [5.74, 6) is 1.88. The van der Waals surface area contributed by atoms with E-state index in [1.54, 1.807) is 0 Å². The number of unbranched alkanes of at least 4 members (excludes halogenated alkanes) is 24. The Kier molecular flexibility index (Phi) is 41.1. The summed E-state index contributed by atoms with van der Waals surface area (Å²) in [6.45, 7) is 9.49. The zero-order valence-corrected chi connectivity index (χ0v) is 42.6. The first-order chi connectivity index (χ1) is 31.3. The van der Waals surface area contributed by atoms with Crippen molar-refractivity contribution in [2.45, 2.75) is 264 Å². The average molecular weight is 900 g/mol. The molecule has 0 atom stereocenters. The number of benzene rings is 1. The second-order valence-corrected chi connectivity index (χ2v) is 19.0. The minimum atomic E-state index is -0.0586. The second-order valence-electron chi connectivity index (χ2n) is 19.0. The average Bonchev–Trinajstić information content (AvgIpc) is 3.28. The van der Waals surface area contributed by atoms with Crippen molar-refractivity contribution in [3.63, 3.8) is 0 Å². The summed E-state index contributed by atoms with van der Waals surface area (Å²) in [5.41, 5.74) is 1.03. The van der Waals surface area contributed by atoms with Gasteiger partial charge in [-0.1, -0.05) is 162 Å². The van der Waals surface area contributed by atoms with Crippen molar-refractivity contribution in [1.82, 2.24) is 4.90 Å². The molecule has 0 N–H and O–H groups in total. The van der Waals surface area contributed by atoms with Crippen molar-refractivity contribution in [3.05, 3.63) is 23.8 Å². The molecule has 64 heavy (non-hydrogen) atoms. The summed E-state index contributed by atoms with van der Waals surface area (Å²) in [4.78, 5) is 39.8. The van der Waals surface area contributed by atoms with Crippen LogP contribution in [0.4, 0.5) is 0 Å². The molecule has 0 aliphatic rings. The minimum Gasteiger partial charge on any atom is -0.494 e. The fourth-order valence-corrected chi connectivity index (χ4v) is 8.28. The van der Waals surface area contributed by atoms with E-state index in [0.717, 1.165) is 120 Å². The van der Waals surface area contributed by atoms with Crippen LogP contribution in [-0.2, 0) is 30.3 Å². The number of ether oxygens (including phenoxy) is 4. The van der Waals surface area contributed by atoms with Gasteiger partial charge in [-0.15, -0.1) is 0 Å². The van der Waals surface area contributed by atoms with Gasteiger partial charge in [0.15, 0.2) is 0 Å². The van der Waals surface area contributed by atoms with E-state index in [2.05, 4.69) is 31.7 Å². The fraction of sp³-hybridized carbons (Fsp3) is 0.839. The molecule has 8 heteroatoms. The summed E-state index contributed by atoms with van der Waals surface area (Å²) in [5, 5.41) is 0. The van der Waals surface area contributed by atoms with Crippen LogP contribution in [0.5, 0.6) is 11.5 Å². The van der Waals surface area contributed by atoms with E-state index in [-0.39, 0.29) is 23.8 Å². The van der Waals surface area contributed by atoms with Gasteiger partial charge in [0.2, 0.25) is 0 Å². The van der Waals surface area contributed by atoms with E-state index < -0.39 is 0 Å². The minimum absolute atomic E-state index is 0.0107. The third-order valence-electron chi connectivity index (χ3n) is 12.4. The number of ketones is 1.